The molecule has 3 saturated heterocycles. The second-order valence-electron chi connectivity index (χ2n) is 11.6. The smallest absolute Gasteiger partial charge is 0.319 e. The SMILES string of the molecule is Oc1cc(-c2c(Cl)cc3c(N4C[C@H]5CC[C@@H](C4)N5)nc(OCCCN4CCCCC4)nc3c2F)c2ccccc2c1. The Morgan fingerprint density at radius 3 is 2.59 bits per heavy atom. The first-order valence-corrected chi connectivity index (χ1v) is 15.2. The summed E-state index contributed by atoms with van der Waals surface area (Å²) >= 11 is 6.85. The summed E-state index contributed by atoms with van der Waals surface area (Å²) < 4.78 is 22.7. The molecule has 4 heterocycles. The molecule has 0 amide bonds. The third kappa shape index (κ3) is 5.29. The Morgan fingerprint density at radius 1 is 1.00 bits per heavy atom. The second kappa shape index (κ2) is 11.2. The molecule has 3 fully saturated rings. The van der Waals surface area contributed by atoms with Crippen molar-refractivity contribution in [3.63, 3.8) is 0 Å². The maximum absolute atomic E-state index is 16.6. The number of phenols is 1. The number of aromatic nitrogens is 2. The van der Waals surface area contributed by atoms with Gasteiger partial charge in [0.1, 0.15) is 17.1 Å². The zero-order valence-corrected chi connectivity index (χ0v) is 23.8. The number of rotatable bonds is 7. The fraction of sp³-hybridized carbons (Fsp3) is 0.438. The Labute approximate surface area is 244 Å². The Morgan fingerprint density at radius 2 is 1.78 bits per heavy atom. The van der Waals surface area contributed by atoms with Crippen LogP contribution in [0.3, 0.4) is 0 Å². The van der Waals surface area contributed by atoms with Crippen LogP contribution in [0.15, 0.2) is 42.5 Å². The van der Waals surface area contributed by atoms with Crippen molar-refractivity contribution < 1.29 is 14.2 Å². The molecule has 0 aliphatic carbocycles. The van der Waals surface area contributed by atoms with Crippen molar-refractivity contribution in [2.24, 2.45) is 0 Å². The average molecular weight is 576 g/mol. The number of hydrogen-bond donors (Lipinski definition) is 2. The van der Waals surface area contributed by atoms with Crippen LogP contribution in [0.4, 0.5) is 10.2 Å². The normalized spacial score (nSPS) is 21.2. The van der Waals surface area contributed by atoms with Crippen LogP contribution in [0.1, 0.15) is 38.5 Å². The van der Waals surface area contributed by atoms with Crippen molar-refractivity contribution in [1.82, 2.24) is 20.2 Å². The Balaban J connectivity index is 1.29. The lowest BCUT2D eigenvalue weighted by molar-refractivity contribution is 0.201. The zero-order valence-electron chi connectivity index (χ0n) is 23.1. The summed E-state index contributed by atoms with van der Waals surface area (Å²) in [6.45, 7) is 5.29. The summed E-state index contributed by atoms with van der Waals surface area (Å²) in [5, 5.41) is 16.6. The second-order valence-corrected chi connectivity index (χ2v) is 12.0. The fourth-order valence-electron chi connectivity index (χ4n) is 6.82. The van der Waals surface area contributed by atoms with Crippen LogP contribution in [-0.4, -0.2) is 71.4 Å². The van der Waals surface area contributed by atoms with E-state index in [-0.39, 0.29) is 27.9 Å². The van der Waals surface area contributed by atoms with Crippen molar-refractivity contribution in [2.45, 2.75) is 50.6 Å². The highest BCUT2D eigenvalue weighted by atomic mass is 35.5. The number of nitrogens with one attached hydrogen (secondary N) is 1. The number of benzene rings is 3. The zero-order chi connectivity index (χ0) is 27.9. The molecule has 3 aliphatic rings. The molecule has 3 aromatic carbocycles. The molecule has 0 radical (unpaired) electrons. The van der Waals surface area contributed by atoms with Gasteiger partial charge in [-0.3, -0.25) is 0 Å². The molecule has 214 valence electrons. The number of phenolic OH excluding ortho intramolecular Hbond substituents is 1. The van der Waals surface area contributed by atoms with E-state index in [0.717, 1.165) is 62.8 Å². The van der Waals surface area contributed by atoms with Gasteiger partial charge in [0, 0.05) is 42.7 Å². The number of piperidine rings is 1. The highest BCUT2D eigenvalue weighted by molar-refractivity contribution is 6.35. The van der Waals surface area contributed by atoms with Gasteiger partial charge in [-0.2, -0.15) is 9.97 Å². The van der Waals surface area contributed by atoms with E-state index in [4.69, 9.17) is 21.3 Å². The summed E-state index contributed by atoms with van der Waals surface area (Å²) in [7, 11) is 0. The van der Waals surface area contributed by atoms with Crippen molar-refractivity contribution in [2.75, 3.05) is 44.2 Å². The summed E-state index contributed by atoms with van der Waals surface area (Å²) in [5.41, 5.74) is 0.917. The maximum atomic E-state index is 16.6. The summed E-state index contributed by atoms with van der Waals surface area (Å²) in [5.74, 6) is 0.169. The molecule has 0 saturated carbocycles. The number of hydrogen-bond acceptors (Lipinski definition) is 7. The molecule has 9 heteroatoms. The van der Waals surface area contributed by atoms with Crippen LogP contribution in [0, 0.1) is 5.82 Å². The Kier molecular flexibility index (Phi) is 7.31. The predicted octanol–water partition coefficient (Wildman–Crippen LogP) is 6.14. The molecule has 1 aromatic heterocycles. The van der Waals surface area contributed by atoms with Crippen LogP contribution in [0.25, 0.3) is 32.8 Å². The molecule has 2 bridgehead atoms. The number of halogens is 2. The van der Waals surface area contributed by atoms with E-state index in [1.165, 1.54) is 19.3 Å². The summed E-state index contributed by atoms with van der Waals surface area (Å²) in [4.78, 5) is 14.2. The van der Waals surface area contributed by atoms with Gasteiger partial charge in [0.15, 0.2) is 5.82 Å². The molecule has 4 aromatic rings. The first-order chi connectivity index (χ1) is 20.0. The van der Waals surface area contributed by atoms with Crippen molar-refractivity contribution in [1.29, 1.82) is 0 Å². The number of likely N-dealkylation sites (tertiary alicyclic amines) is 1. The first-order valence-electron chi connectivity index (χ1n) is 14.8. The standard InChI is InChI=1S/C32H35ClFN5O2/c33-27-17-26-30(29(34)28(27)25-16-23(40)15-20-7-2-3-8-24(20)25)36-32(41-14-6-13-38-11-4-1-5-12-38)37-31(26)39-18-21-9-10-22(19-39)35-21/h2-3,7-8,15-17,21-22,35,40H,1,4-6,9-14,18-19H2/t21-,22+. The third-order valence-electron chi connectivity index (χ3n) is 8.77. The number of piperazine rings is 1. The minimum Gasteiger partial charge on any atom is -0.508 e. The van der Waals surface area contributed by atoms with Crippen LogP contribution in [0.5, 0.6) is 11.8 Å². The number of fused-ring (bicyclic) bond motifs is 4. The van der Waals surface area contributed by atoms with E-state index in [0.29, 0.717) is 35.5 Å². The minimum atomic E-state index is -0.539. The molecule has 7 nitrogen and oxygen atoms in total. The number of aromatic hydroxyl groups is 1. The molecule has 0 spiro atoms. The van der Waals surface area contributed by atoms with Gasteiger partial charge >= 0.3 is 6.01 Å². The highest BCUT2D eigenvalue weighted by Gasteiger charge is 2.34. The van der Waals surface area contributed by atoms with E-state index in [1.54, 1.807) is 18.2 Å². The van der Waals surface area contributed by atoms with Gasteiger partial charge < -0.3 is 25.0 Å². The lowest BCUT2D eigenvalue weighted by atomic mass is 9.96. The summed E-state index contributed by atoms with van der Waals surface area (Å²) in [6, 6.07) is 13.5. The van der Waals surface area contributed by atoms with Crippen LogP contribution < -0.4 is 15.0 Å². The van der Waals surface area contributed by atoms with Gasteiger partial charge in [0.2, 0.25) is 0 Å². The predicted molar refractivity (Wildman–Crippen MR) is 162 cm³/mol. The van der Waals surface area contributed by atoms with Gasteiger partial charge in [0.05, 0.1) is 11.6 Å². The number of ether oxygens (including phenoxy) is 1. The molecule has 2 N–H and O–H groups in total. The van der Waals surface area contributed by atoms with Crippen LogP contribution in [0.2, 0.25) is 5.02 Å². The molecular formula is C32H35ClFN5O2. The topological polar surface area (TPSA) is 73.8 Å². The Hall–Kier alpha value is -3.20. The number of anilines is 1. The Bertz CT molecular complexity index is 1580. The molecule has 7 rings (SSSR count). The molecule has 3 aliphatic heterocycles. The highest BCUT2D eigenvalue weighted by Crippen LogP contribution is 2.42. The first kappa shape index (κ1) is 26.7. The molecule has 2 atom stereocenters. The lowest BCUT2D eigenvalue weighted by Gasteiger charge is -2.34. The van der Waals surface area contributed by atoms with Gasteiger partial charge in [-0.15, -0.1) is 0 Å². The third-order valence-corrected chi connectivity index (χ3v) is 9.07. The van der Waals surface area contributed by atoms with Crippen LogP contribution in [-0.2, 0) is 0 Å². The molecule has 41 heavy (non-hydrogen) atoms. The largest absolute Gasteiger partial charge is 0.508 e. The van der Waals surface area contributed by atoms with E-state index < -0.39 is 5.82 Å². The van der Waals surface area contributed by atoms with Gasteiger partial charge in [-0.25, -0.2) is 4.39 Å². The monoisotopic (exact) mass is 575 g/mol. The van der Waals surface area contributed by atoms with E-state index >= 15 is 4.39 Å². The maximum Gasteiger partial charge on any atom is 0.319 e. The van der Waals surface area contributed by atoms with Gasteiger partial charge in [-0.05, 0) is 79.7 Å². The fourth-order valence-corrected chi connectivity index (χ4v) is 7.11. The average Bonchev–Trinajstić information content (AvgIpc) is 3.32. The van der Waals surface area contributed by atoms with Crippen molar-refractivity contribution in [3.05, 3.63) is 53.3 Å². The van der Waals surface area contributed by atoms with Gasteiger partial charge in [-0.1, -0.05) is 42.3 Å². The van der Waals surface area contributed by atoms with Crippen molar-refractivity contribution >= 4 is 39.1 Å². The molecular weight excluding hydrogens is 541 g/mol. The van der Waals surface area contributed by atoms with Crippen LogP contribution >= 0.6 is 11.6 Å². The lowest BCUT2D eigenvalue weighted by Crippen LogP contribution is -2.51. The van der Waals surface area contributed by atoms with E-state index in [2.05, 4.69) is 20.1 Å². The summed E-state index contributed by atoms with van der Waals surface area (Å²) in [6.07, 6.45) is 6.91. The van der Waals surface area contributed by atoms with Gasteiger partial charge in [0.25, 0.3) is 0 Å². The minimum absolute atomic E-state index is 0.0478. The van der Waals surface area contributed by atoms with E-state index in [9.17, 15) is 5.11 Å². The molecule has 0 unspecified atom stereocenters. The van der Waals surface area contributed by atoms with Crippen molar-refractivity contribution in [3.8, 4) is 22.9 Å². The number of nitrogens with zero attached hydrogens (tertiary/aromatic N) is 4. The van der Waals surface area contributed by atoms with E-state index in [1.807, 2.05) is 24.3 Å². The quantitative estimate of drug-likeness (QED) is 0.256.